The number of benzene rings is 1. The van der Waals surface area contributed by atoms with E-state index in [2.05, 4.69) is 38.5 Å². The highest BCUT2D eigenvalue weighted by atomic mass is 79.9. The van der Waals surface area contributed by atoms with Crippen molar-refractivity contribution in [3.63, 3.8) is 0 Å². The molecule has 0 aliphatic carbocycles. The van der Waals surface area contributed by atoms with E-state index in [0.29, 0.717) is 21.8 Å². The van der Waals surface area contributed by atoms with Crippen molar-refractivity contribution < 1.29 is 8.78 Å². The maximum absolute atomic E-state index is 14.4. The summed E-state index contributed by atoms with van der Waals surface area (Å²) in [5, 5.41) is 0. The van der Waals surface area contributed by atoms with Crippen LogP contribution >= 0.6 is 39.0 Å². The fraction of sp³-hybridized carbons (Fsp3) is 0.286. The fourth-order valence-electron chi connectivity index (χ4n) is 2.16. The van der Waals surface area contributed by atoms with Gasteiger partial charge < -0.3 is 0 Å². The van der Waals surface area contributed by atoms with Gasteiger partial charge in [-0.05, 0) is 40.4 Å². The molecule has 0 spiro atoms. The highest BCUT2D eigenvalue weighted by molar-refractivity contribution is 9.10. The summed E-state index contributed by atoms with van der Waals surface area (Å²) in [7, 11) is 0. The standard InChI is InChI=1S/C14H11BrF2N2S2/c1-6(2)5-7-3-4-8(20-7)9-11(16)12(17)10(15)14-13(9)18-21-19-14/h3-4,6H,5H2,1-2H3. The van der Waals surface area contributed by atoms with Crippen LogP contribution in [0.4, 0.5) is 8.78 Å². The van der Waals surface area contributed by atoms with Gasteiger partial charge in [-0.25, -0.2) is 8.78 Å². The lowest BCUT2D eigenvalue weighted by Crippen LogP contribution is -1.93. The molecule has 21 heavy (non-hydrogen) atoms. The van der Waals surface area contributed by atoms with Crippen LogP contribution in [0.2, 0.25) is 0 Å². The van der Waals surface area contributed by atoms with Crippen molar-refractivity contribution >= 4 is 50.0 Å². The molecule has 2 aromatic heterocycles. The van der Waals surface area contributed by atoms with Crippen LogP contribution in [-0.4, -0.2) is 8.75 Å². The summed E-state index contributed by atoms with van der Waals surface area (Å²) in [6.07, 6.45) is 0.920. The average Bonchev–Trinajstić information content (AvgIpc) is 3.06. The highest BCUT2D eigenvalue weighted by Gasteiger charge is 2.23. The van der Waals surface area contributed by atoms with E-state index in [9.17, 15) is 8.78 Å². The lowest BCUT2D eigenvalue weighted by Gasteiger charge is -2.05. The molecule has 1 aromatic carbocycles. The van der Waals surface area contributed by atoms with Crippen molar-refractivity contribution in [2.45, 2.75) is 20.3 Å². The molecule has 110 valence electrons. The van der Waals surface area contributed by atoms with Gasteiger partial charge in [0, 0.05) is 9.75 Å². The van der Waals surface area contributed by atoms with Crippen molar-refractivity contribution in [2.24, 2.45) is 5.92 Å². The van der Waals surface area contributed by atoms with Crippen molar-refractivity contribution in [3.05, 3.63) is 33.1 Å². The fourth-order valence-corrected chi connectivity index (χ4v) is 4.55. The van der Waals surface area contributed by atoms with Crippen molar-refractivity contribution in [2.75, 3.05) is 0 Å². The third kappa shape index (κ3) is 2.62. The maximum Gasteiger partial charge on any atom is 0.176 e. The van der Waals surface area contributed by atoms with E-state index < -0.39 is 11.6 Å². The Balaban J connectivity index is 2.20. The van der Waals surface area contributed by atoms with Crippen LogP contribution in [0.3, 0.4) is 0 Å². The van der Waals surface area contributed by atoms with E-state index in [1.54, 1.807) is 0 Å². The van der Waals surface area contributed by atoms with Gasteiger partial charge in [-0.3, -0.25) is 0 Å². The normalized spacial score (nSPS) is 11.7. The van der Waals surface area contributed by atoms with Crippen LogP contribution < -0.4 is 0 Å². The number of nitrogens with zero attached hydrogens (tertiary/aromatic N) is 2. The Kier molecular flexibility index (Phi) is 4.07. The van der Waals surface area contributed by atoms with Crippen LogP contribution in [0, 0.1) is 17.6 Å². The van der Waals surface area contributed by atoms with Gasteiger partial charge in [-0.15, -0.1) is 11.3 Å². The molecule has 2 nitrogen and oxygen atoms in total. The molecule has 7 heteroatoms. The number of rotatable bonds is 3. The van der Waals surface area contributed by atoms with E-state index in [4.69, 9.17) is 0 Å². The molecule has 0 amide bonds. The van der Waals surface area contributed by atoms with Crippen LogP contribution in [-0.2, 0) is 6.42 Å². The van der Waals surface area contributed by atoms with Crippen molar-refractivity contribution in [1.82, 2.24) is 8.75 Å². The van der Waals surface area contributed by atoms with E-state index in [1.807, 2.05) is 12.1 Å². The van der Waals surface area contributed by atoms with E-state index in [1.165, 1.54) is 11.3 Å². The smallest absolute Gasteiger partial charge is 0.176 e. The minimum Gasteiger partial charge on any atom is -0.203 e. The number of aromatic nitrogens is 2. The summed E-state index contributed by atoms with van der Waals surface area (Å²) < 4.78 is 36.6. The van der Waals surface area contributed by atoms with Crippen LogP contribution in [0.25, 0.3) is 21.5 Å². The summed E-state index contributed by atoms with van der Waals surface area (Å²) in [5.41, 5.74) is 0.982. The first-order chi connectivity index (χ1) is 9.99. The van der Waals surface area contributed by atoms with Gasteiger partial charge in [0.15, 0.2) is 11.6 Å². The molecular weight excluding hydrogens is 378 g/mol. The highest BCUT2D eigenvalue weighted by Crippen LogP contribution is 2.40. The Morgan fingerprint density at radius 2 is 1.86 bits per heavy atom. The molecule has 3 aromatic rings. The SMILES string of the molecule is CC(C)Cc1ccc(-c2c(F)c(F)c(Br)c3nsnc23)s1. The molecular formula is C14H11BrF2N2S2. The summed E-state index contributed by atoms with van der Waals surface area (Å²) in [4.78, 5) is 1.84. The van der Waals surface area contributed by atoms with Gasteiger partial charge in [0.1, 0.15) is 11.0 Å². The summed E-state index contributed by atoms with van der Waals surface area (Å²) >= 11 is 5.48. The molecule has 0 atom stereocenters. The molecule has 0 fully saturated rings. The second kappa shape index (κ2) is 5.70. The zero-order valence-electron chi connectivity index (χ0n) is 11.3. The Morgan fingerprint density at radius 1 is 1.14 bits per heavy atom. The molecule has 2 heterocycles. The first-order valence-corrected chi connectivity index (χ1v) is 8.70. The molecule has 3 rings (SSSR count). The number of hydrogen-bond acceptors (Lipinski definition) is 4. The van der Waals surface area contributed by atoms with Gasteiger partial charge in [0.2, 0.25) is 0 Å². The molecule has 0 aliphatic heterocycles. The zero-order valence-corrected chi connectivity index (χ0v) is 14.5. The summed E-state index contributed by atoms with van der Waals surface area (Å²) in [6.45, 7) is 4.25. The monoisotopic (exact) mass is 388 g/mol. The lowest BCUT2D eigenvalue weighted by atomic mass is 10.1. The second-order valence-electron chi connectivity index (χ2n) is 5.14. The Morgan fingerprint density at radius 3 is 2.57 bits per heavy atom. The third-order valence-electron chi connectivity index (χ3n) is 3.06. The molecule has 0 unspecified atom stereocenters. The maximum atomic E-state index is 14.4. The second-order valence-corrected chi connectivity index (χ2v) is 7.63. The molecule has 0 aliphatic rings. The zero-order chi connectivity index (χ0) is 15.1. The minimum atomic E-state index is -0.913. The van der Waals surface area contributed by atoms with E-state index in [0.717, 1.165) is 23.0 Å². The first-order valence-electron chi connectivity index (χ1n) is 6.36. The number of fused-ring (bicyclic) bond motifs is 1. The molecule has 0 bridgehead atoms. The van der Waals surface area contributed by atoms with Crippen molar-refractivity contribution in [3.8, 4) is 10.4 Å². The summed E-state index contributed by atoms with van der Waals surface area (Å²) in [6, 6.07) is 3.79. The lowest BCUT2D eigenvalue weighted by molar-refractivity contribution is 0.509. The number of thiophene rings is 1. The molecule has 0 saturated heterocycles. The van der Waals surface area contributed by atoms with Gasteiger partial charge in [-0.1, -0.05) is 13.8 Å². The minimum absolute atomic E-state index is 0.0338. The molecule has 0 saturated carbocycles. The average molecular weight is 389 g/mol. The van der Waals surface area contributed by atoms with Gasteiger partial charge in [-0.2, -0.15) is 8.75 Å². The van der Waals surface area contributed by atoms with Gasteiger partial charge >= 0.3 is 0 Å². The van der Waals surface area contributed by atoms with Crippen LogP contribution in [0.15, 0.2) is 16.6 Å². The molecule has 0 N–H and O–H groups in total. The number of halogens is 3. The first kappa shape index (κ1) is 15.0. The number of hydrogen-bond donors (Lipinski definition) is 0. The van der Waals surface area contributed by atoms with Crippen molar-refractivity contribution in [1.29, 1.82) is 0 Å². The predicted molar refractivity (Wildman–Crippen MR) is 86.9 cm³/mol. The van der Waals surface area contributed by atoms with E-state index >= 15 is 0 Å². The quantitative estimate of drug-likeness (QED) is 0.541. The van der Waals surface area contributed by atoms with Crippen LogP contribution in [0.5, 0.6) is 0 Å². The topological polar surface area (TPSA) is 25.8 Å². The van der Waals surface area contributed by atoms with Gasteiger partial charge in [0.05, 0.1) is 21.8 Å². The van der Waals surface area contributed by atoms with Crippen LogP contribution in [0.1, 0.15) is 18.7 Å². The van der Waals surface area contributed by atoms with E-state index in [-0.39, 0.29) is 10.0 Å². The van der Waals surface area contributed by atoms with Gasteiger partial charge in [0.25, 0.3) is 0 Å². The largest absolute Gasteiger partial charge is 0.203 e. The Labute approximate surface area is 137 Å². The Bertz CT molecular complexity index is 811. The Hall–Kier alpha value is -0.920. The third-order valence-corrected chi connectivity index (χ3v) is 5.43. The predicted octanol–water partition coefficient (Wildman–Crippen LogP) is 5.66. The summed E-state index contributed by atoms with van der Waals surface area (Å²) in [5.74, 6) is -1.27. The molecule has 0 radical (unpaired) electrons.